The van der Waals surface area contributed by atoms with Crippen molar-refractivity contribution < 1.29 is 0 Å². The monoisotopic (exact) mass is 250 g/mol. The van der Waals surface area contributed by atoms with Gasteiger partial charge in [-0.1, -0.05) is 0 Å². The first-order valence-electron chi connectivity index (χ1n) is 2.94. The number of halogens is 1. The third-order valence-electron chi connectivity index (χ3n) is 1.06. The summed E-state index contributed by atoms with van der Waals surface area (Å²) in [7, 11) is 0. The molecule has 1 aromatic rings. The van der Waals surface area contributed by atoms with E-state index in [4.69, 9.17) is 5.73 Å². The van der Waals surface area contributed by atoms with Gasteiger partial charge in [-0.25, -0.2) is 0 Å². The zero-order chi connectivity index (χ0) is 8.27. The largest absolute Gasteiger partial charge is 0.376 e. The maximum atomic E-state index is 5.26. The summed E-state index contributed by atoms with van der Waals surface area (Å²) in [6.07, 6.45) is 0. The molecule has 0 radical (unpaired) electrons. The number of hydrogen-bond donors (Lipinski definition) is 2. The van der Waals surface area contributed by atoms with Gasteiger partial charge >= 0.3 is 0 Å². The van der Waals surface area contributed by atoms with Gasteiger partial charge in [0, 0.05) is 14.7 Å². The van der Waals surface area contributed by atoms with Crippen LogP contribution >= 0.6 is 39.5 Å². The minimum atomic E-state index is 0.342. The molecular formula is C6H7BrN2S2. The zero-order valence-electron chi connectivity index (χ0n) is 5.63. The van der Waals surface area contributed by atoms with Gasteiger partial charge in [0.05, 0.1) is 6.54 Å². The van der Waals surface area contributed by atoms with Crippen molar-refractivity contribution in [2.45, 2.75) is 6.54 Å². The molecule has 1 rings (SSSR count). The lowest BCUT2D eigenvalue weighted by Gasteiger charge is -1.98. The Bertz CT molecular complexity index is 259. The Labute approximate surface area is 82.9 Å². The molecule has 3 N–H and O–H groups in total. The Balaban J connectivity index is 2.45. The summed E-state index contributed by atoms with van der Waals surface area (Å²) in [5, 5.41) is 5.24. The molecule has 0 atom stereocenters. The van der Waals surface area contributed by atoms with Crippen LogP contribution in [0.1, 0.15) is 4.88 Å². The summed E-state index contributed by atoms with van der Waals surface area (Å²) in [6, 6.07) is 2.04. The standard InChI is InChI=1S/C6H7BrN2S2/c7-4-1-5(11-3-4)2-9-6(8)10/h1,3H,2H2,(H3,8,9,10). The third-order valence-corrected chi connectivity index (χ3v) is 2.90. The van der Waals surface area contributed by atoms with Crippen LogP contribution in [0.15, 0.2) is 15.9 Å². The minimum Gasteiger partial charge on any atom is -0.376 e. The number of thiocarbonyl (C=S) groups is 1. The van der Waals surface area contributed by atoms with E-state index in [2.05, 4.69) is 33.5 Å². The van der Waals surface area contributed by atoms with E-state index in [0.29, 0.717) is 11.7 Å². The molecule has 0 saturated heterocycles. The first-order chi connectivity index (χ1) is 5.18. The second kappa shape index (κ2) is 4.04. The van der Waals surface area contributed by atoms with Gasteiger partial charge in [-0.2, -0.15) is 0 Å². The van der Waals surface area contributed by atoms with Crippen LogP contribution in [0.3, 0.4) is 0 Å². The SMILES string of the molecule is NC(=S)NCc1cc(Br)cs1. The average molecular weight is 251 g/mol. The fourth-order valence-corrected chi connectivity index (χ4v) is 2.08. The first-order valence-corrected chi connectivity index (χ1v) is 5.03. The van der Waals surface area contributed by atoms with Gasteiger partial charge in [0.15, 0.2) is 5.11 Å². The molecule has 1 heterocycles. The fraction of sp³-hybridized carbons (Fsp3) is 0.167. The molecule has 0 aliphatic rings. The van der Waals surface area contributed by atoms with E-state index in [9.17, 15) is 0 Å². The van der Waals surface area contributed by atoms with Crippen LogP contribution in [-0.4, -0.2) is 5.11 Å². The van der Waals surface area contributed by atoms with E-state index in [1.807, 2.05) is 11.4 Å². The van der Waals surface area contributed by atoms with Gasteiger partial charge in [0.25, 0.3) is 0 Å². The summed E-state index contributed by atoms with van der Waals surface area (Å²) in [5.41, 5.74) is 5.26. The van der Waals surface area contributed by atoms with Crippen molar-refractivity contribution in [3.63, 3.8) is 0 Å². The Kier molecular flexibility index (Phi) is 3.29. The Morgan fingerprint density at radius 1 is 1.82 bits per heavy atom. The molecular weight excluding hydrogens is 244 g/mol. The molecule has 5 heteroatoms. The molecule has 0 bridgehead atoms. The Hall–Kier alpha value is -0.130. The Morgan fingerprint density at radius 3 is 3.00 bits per heavy atom. The molecule has 60 valence electrons. The highest BCUT2D eigenvalue weighted by Gasteiger charge is 1.96. The maximum absolute atomic E-state index is 5.26. The zero-order valence-corrected chi connectivity index (χ0v) is 8.85. The predicted molar refractivity (Wildman–Crippen MR) is 55.6 cm³/mol. The molecule has 0 spiro atoms. The lowest BCUT2D eigenvalue weighted by molar-refractivity contribution is 0.940. The van der Waals surface area contributed by atoms with E-state index in [0.717, 1.165) is 4.47 Å². The van der Waals surface area contributed by atoms with E-state index in [-0.39, 0.29) is 0 Å². The molecule has 0 saturated carbocycles. The summed E-state index contributed by atoms with van der Waals surface area (Å²) in [5.74, 6) is 0. The second-order valence-electron chi connectivity index (χ2n) is 1.95. The maximum Gasteiger partial charge on any atom is 0.163 e. The number of nitrogens with one attached hydrogen (secondary N) is 1. The van der Waals surface area contributed by atoms with Crippen LogP contribution in [0.4, 0.5) is 0 Å². The quantitative estimate of drug-likeness (QED) is 0.788. The van der Waals surface area contributed by atoms with Crippen molar-refractivity contribution in [2.24, 2.45) is 5.73 Å². The topological polar surface area (TPSA) is 38.0 Å². The van der Waals surface area contributed by atoms with Crippen molar-refractivity contribution >= 4 is 44.6 Å². The lowest BCUT2D eigenvalue weighted by Crippen LogP contribution is -2.27. The predicted octanol–water partition coefficient (Wildman–Crippen LogP) is 1.84. The summed E-state index contributed by atoms with van der Waals surface area (Å²) < 4.78 is 1.10. The van der Waals surface area contributed by atoms with E-state index in [1.54, 1.807) is 11.3 Å². The number of nitrogens with two attached hydrogens (primary N) is 1. The van der Waals surface area contributed by atoms with Crippen LogP contribution in [0.2, 0.25) is 0 Å². The van der Waals surface area contributed by atoms with Gasteiger partial charge in [-0.15, -0.1) is 11.3 Å². The summed E-state index contributed by atoms with van der Waals surface area (Å²) in [4.78, 5) is 1.21. The highest BCUT2D eigenvalue weighted by molar-refractivity contribution is 9.10. The van der Waals surface area contributed by atoms with Crippen LogP contribution in [0, 0.1) is 0 Å². The van der Waals surface area contributed by atoms with Crippen LogP contribution < -0.4 is 11.1 Å². The smallest absolute Gasteiger partial charge is 0.163 e. The third kappa shape index (κ3) is 3.18. The molecule has 0 fully saturated rings. The van der Waals surface area contributed by atoms with Gasteiger partial charge in [0.1, 0.15) is 0 Å². The molecule has 0 aliphatic carbocycles. The van der Waals surface area contributed by atoms with Crippen molar-refractivity contribution in [3.8, 4) is 0 Å². The highest BCUT2D eigenvalue weighted by atomic mass is 79.9. The van der Waals surface area contributed by atoms with Crippen molar-refractivity contribution in [1.82, 2.24) is 5.32 Å². The molecule has 0 unspecified atom stereocenters. The van der Waals surface area contributed by atoms with E-state index < -0.39 is 0 Å². The molecule has 0 aromatic carbocycles. The van der Waals surface area contributed by atoms with E-state index >= 15 is 0 Å². The number of thiophene rings is 1. The molecule has 11 heavy (non-hydrogen) atoms. The molecule has 0 amide bonds. The van der Waals surface area contributed by atoms with Gasteiger partial charge in [0.2, 0.25) is 0 Å². The lowest BCUT2D eigenvalue weighted by atomic mass is 10.5. The Morgan fingerprint density at radius 2 is 2.55 bits per heavy atom. The van der Waals surface area contributed by atoms with Crippen molar-refractivity contribution in [3.05, 3.63) is 20.8 Å². The van der Waals surface area contributed by atoms with Crippen molar-refractivity contribution in [1.29, 1.82) is 0 Å². The number of rotatable bonds is 2. The van der Waals surface area contributed by atoms with Gasteiger partial charge < -0.3 is 11.1 Å². The van der Waals surface area contributed by atoms with Crippen LogP contribution in [-0.2, 0) is 6.54 Å². The van der Waals surface area contributed by atoms with Gasteiger partial charge in [-0.05, 0) is 34.2 Å². The van der Waals surface area contributed by atoms with E-state index in [1.165, 1.54) is 4.88 Å². The van der Waals surface area contributed by atoms with Gasteiger partial charge in [-0.3, -0.25) is 0 Å². The van der Waals surface area contributed by atoms with Crippen LogP contribution in [0.25, 0.3) is 0 Å². The van der Waals surface area contributed by atoms with Crippen LogP contribution in [0.5, 0.6) is 0 Å². The fourth-order valence-electron chi connectivity index (χ4n) is 0.621. The highest BCUT2D eigenvalue weighted by Crippen LogP contribution is 2.19. The number of hydrogen-bond acceptors (Lipinski definition) is 2. The second-order valence-corrected chi connectivity index (χ2v) is 4.30. The van der Waals surface area contributed by atoms with Crippen molar-refractivity contribution in [2.75, 3.05) is 0 Å². The summed E-state index contributed by atoms with van der Waals surface area (Å²) >= 11 is 9.69. The minimum absolute atomic E-state index is 0.342. The molecule has 0 aliphatic heterocycles. The summed E-state index contributed by atoms with van der Waals surface area (Å²) in [6.45, 7) is 0.714. The average Bonchev–Trinajstić information content (AvgIpc) is 2.31. The normalized spacial score (nSPS) is 9.55. The molecule has 1 aromatic heterocycles. The first kappa shape index (κ1) is 8.96. The molecule has 2 nitrogen and oxygen atoms in total.